The number of aromatic nitrogens is 7. The van der Waals surface area contributed by atoms with Gasteiger partial charge in [0.2, 0.25) is 0 Å². The first kappa shape index (κ1) is 24.1. The number of hydrogen-bond donors (Lipinski definition) is 0. The van der Waals surface area contributed by atoms with Gasteiger partial charge in [0, 0.05) is 66.5 Å². The van der Waals surface area contributed by atoms with Crippen LogP contribution >= 0.6 is 11.6 Å². The molecular weight excluding hydrogens is 519 g/mol. The molecule has 9 nitrogen and oxygen atoms in total. The normalized spacial score (nSPS) is 18.8. The fourth-order valence-electron chi connectivity index (χ4n) is 6.03. The lowest BCUT2D eigenvalue weighted by Gasteiger charge is -2.33. The molecule has 5 aromatic rings. The zero-order valence-corrected chi connectivity index (χ0v) is 22.1. The van der Waals surface area contributed by atoms with Gasteiger partial charge < -0.3 is 14.2 Å². The first-order chi connectivity index (χ1) is 19.0. The van der Waals surface area contributed by atoms with Crippen LogP contribution in [0.3, 0.4) is 0 Å². The van der Waals surface area contributed by atoms with Gasteiger partial charge >= 0.3 is 6.01 Å². The number of piperidine rings is 1. The van der Waals surface area contributed by atoms with Crippen molar-refractivity contribution in [2.24, 2.45) is 18.9 Å². The number of rotatable bonds is 6. The van der Waals surface area contributed by atoms with E-state index >= 15 is 4.39 Å². The Morgan fingerprint density at radius 2 is 1.95 bits per heavy atom. The molecule has 1 aliphatic carbocycles. The molecule has 0 radical (unpaired) electrons. The first-order valence-corrected chi connectivity index (χ1v) is 13.5. The summed E-state index contributed by atoms with van der Waals surface area (Å²) < 4.78 is 24.2. The predicted octanol–water partition coefficient (Wildman–Crippen LogP) is 5.02. The molecule has 0 N–H and O–H groups in total. The summed E-state index contributed by atoms with van der Waals surface area (Å²) in [7, 11) is 1.88. The molecule has 2 unspecified atom stereocenters. The van der Waals surface area contributed by atoms with Gasteiger partial charge in [-0.2, -0.15) is 9.97 Å². The van der Waals surface area contributed by atoms with Crippen molar-refractivity contribution < 1.29 is 9.13 Å². The van der Waals surface area contributed by atoms with Crippen molar-refractivity contribution in [3.63, 3.8) is 0 Å². The summed E-state index contributed by atoms with van der Waals surface area (Å²) in [6.07, 6.45) is 10.8. The number of benzene rings is 1. The molecule has 2 fully saturated rings. The van der Waals surface area contributed by atoms with E-state index < -0.39 is 5.82 Å². The van der Waals surface area contributed by atoms with Crippen molar-refractivity contribution in [1.82, 2.24) is 34.7 Å². The minimum atomic E-state index is -0.552. The summed E-state index contributed by atoms with van der Waals surface area (Å²) in [5, 5.41) is 10.6. The standard InChI is InChI=1S/C28H26ClFN8O/c1-37-15-33-36-22(37)7-8-39-28-34-26-20(27(35-28)38-13-16-5-6-17(9-16)14-38)12-32-25(24(26)30)19-11-31-10-18-3-2-4-21(29)23(18)19/h2-4,10-12,15-17H,5-9,13-14H2,1H3. The van der Waals surface area contributed by atoms with E-state index in [1.807, 2.05) is 23.7 Å². The molecule has 11 heteroatoms. The van der Waals surface area contributed by atoms with Gasteiger partial charge in [-0.05, 0) is 37.2 Å². The van der Waals surface area contributed by atoms with Crippen LogP contribution in [0.2, 0.25) is 5.02 Å². The Hall–Kier alpha value is -3.92. The second-order valence-electron chi connectivity index (χ2n) is 10.4. The van der Waals surface area contributed by atoms with E-state index in [1.165, 1.54) is 19.3 Å². The van der Waals surface area contributed by atoms with E-state index in [0.717, 1.165) is 24.3 Å². The minimum Gasteiger partial charge on any atom is -0.463 e. The summed E-state index contributed by atoms with van der Waals surface area (Å²) in [5.74, 6) is 2.13. The van der Waals surface area contributed by atoms with Crippen molar-refractivity contribution in [3.05, 3.63) is 59.8 Å². The molecule has 1 saturated heterocycles. The number of nitrogens with zero attached hydrogens (tertiary/aromatic N) is 8. The molecule has 2 aliphatic rings. The molecule has 1 aromatic carbocycles. The van der Waals surface area contributed by atoms with Gasteiger partial charge in [-0.15, -0.1) is 10.2 Å². The van der Waals surface area contributed by atoms with Crippen molar-refractivity contribution in [2.75, 3.05) is 24.6 Å². The van der Waals surface area contributed by atoms with E-state index in [4.69, 9.17) is 21.3 Å². The van der Waals surface area contributed by atoms with E-state index in [1.54, 1.807) is 31.0 Å². The molecule has 4 aromatic heterocycles. The summed E-state index contributed by atoms with van der Waals surface area (Å²) in [5.41, 5.74) is 0.821. The Morgan fingerprint density at radius 1 is 1.10 bits per heavy atom. The van der Waals surface area contributed by atoms with Crippen LogP contribution < -0.4 is 9.64 Å². The third-order valence-corrected chi connectivity index (χ3v) is 8.21. The lowest BCUT2D eigenvalue weighted by Crippen LogP contribution is -2.37. The number of ether oxygens (including phenoxy) is 1. The van der Waals surface area contributed by atoms with E-state index in [0.29, 0.717) is 45.4 Å². The topological polar surface area (TPSA) is 94.7 Å². The molecule has 39 heavy (non-hydrogen) atoms. The highest BCUT2D eigenvalue weighted by Gasteiger charge is 2.34. The summed E-state index contributed by atoms with van der Waals surface area (Å²) in [4.78, 5) is 20.5. The number of anilines is 1. The molecule has 2 bridgehead atoms. The smallest absolute Gasteiger partial charge is 0.319 e. The monoisotopic (exact) mass is 544 g/mol. The summed E-state index contributed by atoms with van der Waals surface area (Å²) in [6, 6.07) is 5.64. The first-order valence-electron chi connectivity index (χ1n) is 13.1. The Labute approximate surface area is 229 Å². The lowest BCUT2D eigenvalue weighted by molar-refractivity contribution is 0.293. The molecule has 5 heterocycles. The molecule has 1 saturated carbocycles. The lowest BCUT2D eigenvalue weighted by atomic mass is 9.98. The van der Waals surface area contributed by atoms with Crippen molar-refractivity contribution in [1.29, 1.82) is 0 Å². The number of fused-ring (bicyclic) bond motifs is 4. The van der Waals surface area contributed by atoms with Crippen LogP contribution in [0.1, 0.15) is 25.1 Å². The van der Waals surface area contributed by atoms with Gasteiger partial charge in [0.25, 0.3) is 0 Å². The van der Waals surface area contributed by atoms with Gasteiger partial charge in [0.05, 0.1) is 12.0 Å². The molecule has 0 amide bonds. The van der Waals surface area contributed by atoms with Crippen molar-refractivity contribution >= 4 is 39.1 Å². The zero-order chi connectivity index (χ0) is 26.5. The average Bonchev–Trinajstić information content (AvgIpc) is 3.51. The fourth-order valence-corrected chi connectivity index (χ4v) is 6.32. The van der Waals surface area contributed by atoms with Crippen LogP contribution in [0, 0.1) is 17.7 Å². The van der Waals surface area contributed by atoms with Gasteiger partial charge in [-0.25, -0.2) is 4.39 Å². The molecule has 1 aliphatic heterocycles. The highest BCUT2D eigenvalue weighted by atomic mass is 35.5. The second-order valence-corrected chi connectivity index (χ2v) is 10.9. The predicted molar refractivity (Wildman–Crippen MR) is 146 cm³/mol. The van der Waals surface area contributed by atoms with E-state index in [2.05, 4.69) is 30.0 Å². The van der Waals surface area contributed by atoms with Crippen LogP contribution in [-0.2, 0) is 13.5 Å². The van der Waals surface area contributed by atoms with Crippen LogP contribution in [0.15, 0.2) is 43.1 Å². The summed E-state index contributed by atoms with van der Waals surface area (Å²) >= 11 is 6.54. The zero-order valence-electron chi connectivity index (χ0n) is 21.4. The highest BCUT2D eigenvalue weighted by molar-refractivity contribution is 6.36. The van der Waals surface area contributed by atoms with Crippen LogP contribution in [-0.4, -0.2) is 54.4 Å². The van der Waals surface area contributed by atoms with Crippen LogP contribution in [0.5, 0.6) is 6.01 Å². The third-order valence-electron chi connectivity index (χ3n) is 7.90. The van der Waals surface area contributed by atoms with Gasteiger partial charge in [-0.1, -0.05) is 23.7 Å². The molecule has 2 atom stereocenters. The Kier molecular flexibility index (Phi) is 5.99. The van der Waals surface area contributed by atoms with Crippen LogP contribution in [0.25, 0.3) is 32.9 Å². The Bertz CT molecular complexity index is 1690. The van der Waals surface area contributed by atoms with Gasteiger partial charge in [0.1, 0.15) is 29.2 Å². The number of halogens is 2. The van der Waals surface area contributed by atoms with Gasteiger partial charge in [-0.3, -0.25) is 9.97 Å². The maximum atomic E-state index is 16.4. The second kappa shape index (κ2) is 9.68. The molecule has 0 spiro atoms. The van der Waals surface area contributed by atoms with Gasteiger partial charge in [0.15, 0.2) is 5.82 Å². The molecular formula is C28H26ClFN8O. The SMILES string of the molecule is Cn1cnnc1CCOc1nc(N2CC3CCC(C3)C2)c2cnc(-c3cncc4cccc(Cl)c34)c(F)c2n1. The molecule has 198 valence electrons. The minimum absolute atomic E-state index is 0.128. The summed E-state index contributed by atoms with van der Waals surface area (Å²) in [6.45, 7) is 2.05. The third kappa shape index (κ3) is 4.32. The van der Waals surface area contributed by atoms with E-state index in [9.17, 15) is 0 Å². The Morgan fingerprint density at radius 3 is 2.74 bits per heavy atom. The van der Waals surface area contributed by atoms with E-state index in [-0.39, 0.29) is 23.8 Å². The fraction of sp³-hybridized carbons (Fsp3) is 0.357. The number of pyridine rings is 2. The number of aryl methyl sites for hydroxylation is 1. The van der Waals surface area contributed by atoms with Crippen molar-refractivity contribution in [3.8, 4) is 17.3 Å². The Balaban J connectivity index is 1.33. The largest absolute Gasteiger partial charge is 0.463 e. The van der Waals surface area contributed by atoms with Crippen molar-refractivity contribution in [2.45, 2.75) is 25.7 Å². The quantitative estimate of drug-likeness (QED) is 0.294. The maximum absolute atomic E-state index is 16.4. The number of hydrogen-bond acceptors (Lipinski definition) is 8. The molecule has 7 rings (SSSR count). The highest BCUT2D eigenvalue weighted by Crippen LogP contribution is 2.41. The average molecular weight is 545 g/mol. The van der Waals surface area contributed by atoms with Crippen LogP contribution in [0.4, 0.5) is 10.2 Å². The maximum Gasteiger partial charge on any atom is 0.319 e.